The highest BCUT2D eigenvalue weighted by atomic mass is 16.5. The van der Waals surface area contributed by atoms with Crippen LogP contribution in [0.5, 0.6) is 5.75 Å². The fourth-order valence-corrected chi connectivity index (χ4v) is 3.76. The number of aromatic amines is 1. The van der Waals surface area contributed by atoms with E-state index in [4.69, 9.17) is 4.74 Å². The number of nitrogens with one attached hydrogen (secondary N) is 1. The molecule has 1 aromatic carbocycles. The van der Waals surface area contributed by atoms with Crippen LogP contribution in [0.15, 0.2) is 54.7 Å². The number of ether oxygens (including phenoxy) is 1. The number of para-hydroxylation sites is 1. The van der Waals surface area contributed by atoms with Crippen molar-refractivity contribution in [2.45, 2.75) is 25.5 Å². The molecule has 1 atom stereocenters. The van der Waals surface area contributed by atoms with Crippen LogP contribution in [0.1, 0.15) is 29.3 Å². The summed E-state index contributed by atoms with van der Waals surface area (Å²) in [7, 11) is 4.09. The molecule has 1 aliphatic rings. The number of hydrogen-bond acceptors (Lipinski definition) is 5. The van der Waals surface area contributed by atoms with Crippen LogP contribution in [-0.4, -0.2) is 47.3 Å². The van der Waals surface area contributed by atoms with E-state index in [0.29, 0.717) is 12.5 Å². The average molecular weight is 377 g/mol. The molecule has 0 aliphatic carbocycles. The average Bonchev–Trinajstić information content (AvgIpc) is 3.37. The quantitative estimate of drug-likeness (QED) is 0.684. The lowest BCUT2D eigenvalue weighted by atomic mass is 10.1. The minimum absolute atomic E-state index is 0.459. The van der Waals surface area contributed by atoms with Gasteiger partial charge >= 0.3 is 0 Å². The van der Waals surface area contributed by atoms with Crippen molar-refractivity contribution in [3.63, 3.8) is 0 Å². The predicted octanol–water partition coefficient (Wildman–Crippen LogP) is 3.44. The number of likely N-dealkylation sites (tertiary alicyclic amines) is 1. The van der Waals surface area contributed by atoms with Crippen molar-refractivity contribution < 1.29 is 4.74 Å². The first-order chi connectivity index (χ1) is 13.7. The number of benzene rings is 1. The van der Waals surface area contributed by atoms with Gasteiger partial charge in [0.25, 0.3) is 0 Å². The van der Waals surface area contributed by atoms with Crippen molar-refractivity contribution in [3.8, 4) is 5.75 Å². The van der Waals surface area contributed by atoms with E-state index < -0.39 is 0 Å². The number of pyridine rings is 1. The minimum Gasteiger partial charge on any atom is -0.487 e. The van der Waals surface area contributed by atoms with Crippen LogP contribution in [0.3, 0.4) is 0 Å². The Hall–Kier alpha value is -2.86. The largest absolute Gasteiger partial charge is 0.487 e. The molecule has 0 saturated carbocycles. The Morgan fingerprint density at radius 3 is 2.86 bits per heavy atom. The summed E-state index contributed by atoms with van der Waals surface area (Å²) in [6.45, 7) is 3.53. The van der Waals surface area contributed by atoms with Crippen LogP contribution in [-0.2, 0) is 13.2 Å². The SMILES string of the molecule is CN(C)c1ncccc1CN1CC[C@H](c2cc(COc3ccccc3)[nH]n2)C1. The molecule has 3 heterocycles. The van der Waals surface area contributed by atoms with Crippen LogP contribution >= 0.6 is 0 Å². The monoisotopic (exact) mass is 377 g/mol. The van der Waals surface area contributed by atoms with E-state index in [1.165, 1.54) is 5.56 Å². The van der Waals surface area contributed by atoms with Gasteiger partial charge in [-0.15, -0.1) is 0 Å². The summed E-state index contributed by atoms with van der Waals surface area (Å²) in [6.07, 6.45) is 2.98. The zero-order valence-electron chi connectivity index (χ0n) is 16.5. The van der Waals surface area contributed by atoms with Gasteiger partial charge in [0, 0.05) is 44.9 Å². The number of aromatic nitrogens is 3. The Kier molecular flexibility index (Phi) is 5.58. The molecule has 146 valence electrons. The molecule has 6 heteroatoms. The first kappa shape index (κ1) is 18.5. The first-order valence-electron chi connectivity index (χ1n) is 9.74. The molecule has 1 aliphatic heterocycles. The Morgan fingerprint density at radius 2 is 2.04 bits per heavy atom. The smallest absolute Gasteiger partial charge is 0.132 e. The molecule has 4 rings (SSSR count). The second-order valence-corrected chi connectivity index (χ2v) is 7.52. The van der Waals surface area contributed by atoms with Gasteiger partial charge in [-0.25, -0.2) is 4.98 Å². The topological polar surface area (TPSA) is 57.3 Å². The normalized spacial score (nSPS) is 17.0. The van der Waals surface area contributed by atoms with Gasteiger partial charge in [0.15, 0.2) is 0 Å². The lowest BCUT2D eigenvalue weighted by Gasteiger charge is -2.20. The lowest BCUT2D eigenvalue weighted by Crippen LogP contribution is -2.22. The molecule has 2 aromatic heterocycles. The highest BCUT2D eigenvalue weighted by Crippen LogP contribution is 2.28. The predicted molar refractivity (Wildman–Crippen MR) is 111 cm³/mol. The molecular weight excluding hydrogens is 350 g/mol. The second kappa shape index (κ2) is 8.44. The summed E-state index contributed by atoms with van der Waals surface area (Å²) in [5.41, 5.74) is 3.42. The van der Waals surface area contributed by atoms with Crippen molar-refractivity contribution in [1.82, 2.24) is 20.1 Å². The highest BCUT2D eigenvalue weighted by Gasteiger charge is 2.26. The maximum absolute atomic E-state index is 5.81. The molecule has 0 unspecified atom stereocenters. The van der Waals surface area contributed by atoms with Crippen LogP contribution in [0.4, 0.5) is 5.82 Å². The Labute approximate surface area is 166 Å². The van der Waals surface area contributed by atoms with E-state index in [0.717, 1.165) is 49.0 Å². The zero-order chi connectivity index (χ0) is 19.3. The standard InChI is InChI=1S/C22H27N5O/c1-26(2)22-18(7-6-11-23-22)15-27-12-10-17(14-27)21-13-19(24-25-21)16-28-20-8-4-3-5-9-20/h3-9,11,13,17H,10,12,14-16H2,1-2H3,(H,24,25)/t17-/m0/s1. The fraction of sp³-hybridized carbons (Fsp3) is 0.364. The molecule has 0 radical (unpaired) electrons. The molecule has 28 heavy (non-hydrogen) atoms. The second-order valence-electron chi connectivity index (χ2n) is 7.52. The number of nitrogens with zero attached hydrogens (tertiary/aromatic N) is 4. The molecule has 3 aromatic rings. The molecular formula is C22H27N5O. The summed E-state index contributed by atoms with van der Waals surface area (Å²) >= 11 is 0. The van der Waals surface area contributed by atoms with Crippen LogP contribution < -0.4 is 9.64 Å². The molecule has 6 nitrogen and oxygen atoms in total. The van der Waals surface area contributed by atoms with Gasteiger partial charge in [-0.3, -0.25) is 10.00 Å². The Balaban J connectivity index is 1.34. The van der Waals surface area contributed by atoms with Gasteiger partial charge in [-0.1, -0.05) is 24.3 Å². The van der Waals surface area contributed by atoms with Gasteiger partial charge in [0.2, 0.25) is 0 Å². The number of hydrogen-bond donors (Lipinski definition) is 1. The number of rotatable bonds is 7. The maximum atomic E-state index is 5.81. The van der Waals surface area contributed by atoms with E-state index in [9.17, 15) is 0 Å². The van der Waals surface area contributed by atoms with E-state index in [1.807, 2.05) is 56.7 Å². The van der Waals surface area contributed by atoms with E-state index in [1.54, 1.807) is 0 Å². The van der Waals surface area contributed by atoms with Gasteiger partial charge in [-0.05, 0) is 37.2 Å². The highest BCUT2D eigenvalue weighted by molar-refractivity contribution is 5.45. The third-order valence-corrected chi connectivity index (χ3v) is 5.16. The van der Waals surface area contributed by atoms with Crippen molar-refractivity contribution in [2.24, 2.45) is 0 Å². The molecule has 0 bridgehead atoms. The first-order valence-corrected chi connectivity index (χ1v) is 9.74. The molecule has 1 saturated heterocycles. The summed E-state index contributed by atoms with van der Waals surface area (Å²) in [5, 5.41) is 7.68. The summed E-state index contributed by atoms with van der Waals surface area (Å²) in [6, 6.07) is 16.2. The third-order valence-electron chi connectivity index (χ3n) is 5.16. The maximum Gasteiger partial charge on any atom is 0.132 e. The van der Waals surface area contributed by atoms with Crippen LogP contribution in [0.2, 0.25) is 0 Å². The molecule has 1 N–H and O–H groups in total. The van der Waals surface area contributed by atoms with Crippen LogP contribution in [0, 0.1) is 0 Å². The molecule has 1 fully saturated rings. The van der Waals surface area contributed by atoms with Crippen molar-refractivity contribution >= 4 is 5.82 Å². The van der Waals surface area contributed by atoms with Crippen molar-refractivity contribution in [2.75, 3.05) is 32.1 Å². The summed E-state index contributed by atoms with van der Waals surface area (Å²) < 4.78 is 5.81. The van der Waals surface area contributed by atoms with Gasteiger partial charge in [0.05, 0.1) is 11.4 Å². The van der Waals surface area contributed by atoms with Crippen molar-refractivity contribution in [3.05, 3.63) is 71.7 Å². The van der Waals surface area contributed by atoms with Crippen LogP contribution in [0.25, 0.3) is 0 Å². The Morgan fingerprint density at radius 1 is 1.18 bits per heavy atom. The number of H-pyrrole nitrogens is 1. The summed E-state index contributed by atoms with van der Waals surface area (Å²) in [5.74, 6) is 2.38. The van der Waals surface area contributed by atoms with E-state index in [2.05, 4.69) is 37.1 Å². The third kappa shape index (κ3) is 4.34. The fourth-order valence-electron chi connectivity index (χ4n) is 3.76. The van der Waals surface area contributed by atoms with Crippen molar-refractivity contribution in [1.29, 1.82) is 0 Å². The van der Waals surface area contributed by atoms with E-state index in [-0.39, 0.29) is 0 Å². The van der Waals surface area contributed by atoms with Gasteiger partial charge in [-0.2, -0.15) is 5.10 Å². The molecule has 0 spiro atoms. The van der Waals surface area contributed by atoms with Gasteiger partial charge < -0.3 is 9.64 Å². The summed E-state index contributed by atoms with van der Waals surface area (Å²) in [4.78, 5) is 9.08. The van der Waals surface area contributed by atoms with E-state index >= 15 is 0 Å². The minimum atomic E-state index is 0.459. The van der Waals surface area contributed by atoms with Gasteiger partial charge in [0.1, 0.15) is 18.2 Å². The zero-order valence-corrected chi connectivity index (χ0v) is 16.5. The lowest BCUT2D eigenvalue weighted by molar-refractivity contribution is 0.301. The Bertz CT molecular complexity index is 893. The molecule has 0 amide bonds. The number of anilines is 1.